The number of aromatic amines is 2. The summed E-state index contributed by atoms with van der Waals surface area (Å²) in [5.74, 6) is 0.308. The summed E-state index contributed by atoms with van der Waals surface area (Å²) in [6.45, 7) is -1.21. The van der Waals surface area contributed by atoms with Crippen molar-refractivity contribution in [1.29, 1.82) is 0 Å². The van der Waals surface area contributed by atoms with Gasteiger partial charge in [-0.25, -0.2) is 19.9 Å². The number of nitrogens with one attached hydrogen (secondary N) is 2. The Labute approximate surface area is 233 Å². The Bertz CT molecular complexity index is 1510. The number of aromatic nitrogens is 8. The molecule has 1 aliphatic rings. The van der Waals surface area contributed by atoms with Gasteiger partial charge in [0.25, 0.3) is 5.56 Å². The number of carbonyl (C=O) groups excluding carboxylic acids is 1. The highest BCUT2D eigenvalue weighted by Crippen LogP contribution is 2.30. The molecule has 5 rings (SSSR count). The van der Waals surface area contributed by atoms with Gasteiger partial charge in [0.1, 0.15) is 54.6 Å². The van der Waals surface area contributed by atoms with Gasteiger partial charge in [-0.2, -0.15) is 4.98 Å². The SMILES string of the molecule is Nc1nc2c(ncn2[C@@H]2O[C@H](CO)[C@@H](O)[C@H]2O)c(=O)[nH]1.Nc1ncnc2[nH]cnc12.O=C[C@H](O)[C@@H](O)[C@H](O)[C@H](O)CO. The summed E-state index contributed by atoms with van der Waals surface area (Å²) in [4.78, 5) is 46.1. The number of carbonyl (C=O) groups is 1. The first kappa shape index (κ1) is 32.3. The summed E-state index contributed by atoms with van der Waals surface area (Å²) >= 11 is 0. The van der Waals surface area contributed by atoms with Crippen molar-refractivity contribution in [1.82, 2.24) is 39.5 Å². The van der Waals surface area contributed by atoms with E-state index in [9.17, 15) is 19.8 Å². The van der Waals surface area contributed by atoms with Crippen LogP contribution in [0.5, 0.6) is 0 Å². The summed E-state index contributed by atoms with van der Waals surface area (Å²) in [6.07, 6.45) is -7.12. The van der Waals surface area contributed by atoms with Crippen LogP contribution in [0.1, 0.15) is 6.23 Å². The fourth-order valence-electron chi connectivity index (χ4n) is 3.64. The van der Waals surface area contributed by atoms with E-state index in [-0.39, 0.29) is 23.4 Å². The summed E-state index contributed by atoms with van der Waals surface area (Å²) < 4.78 is 6.64. The second-order valence-electron chi connectivity index (χ2n) is 8.72. The molecule has 14 N–H and O–H groups in total. The second-order valence-corrected chi connectivity index (χ2v) is 8.72. The molecule has 1 fully saturated rings. The van der Waals surface area contributed by atoms with Crippen LogP contribution in [0.3, 0.4) is 0 Å². The summed E-state index contributed by atoms with van der Waals surface area (Å²) in [5.41, 5.74) is 11.9. The standard InChI is InChI=1S/C10H13N5O5.C6H12O6.C5H5N5/c11-10-13-7-4(8(19)14-10)12-2-15(7)9-6(18)5(17)3(1-16)20-9;7-1-3(9)5(11)6(12)4(10)2-8;6-4-3-5(9-1-7-3)10-2-8-4/h2-3,5-6,9,16-18H,1H2,(H3,11,13,14,19);1,3-6,8-12H,2H2;1-2H,(H3,6,7,8,9,10)/t3-,5-,6-,9-;3-,4+,5+,6+;/m10./s1. The molecule has 0 amide bonds. The number of H-pyrrole nitrogens is 2. The molecule has 230 valence electrons. The predicted molar refractivity (Wildman–Crippen MR) is 139 cm³/mol. The molecule has 4 aromatic rings. The Hall–Kier alpha value is -4.19. The lowest BCUT2D eigenvalue weighted by Crippen LogP contribution is -2.46. The first-order chi connectivity index (χ1) is 19.9. The van der Waals surface area contributed by atoms with Gasteiger partial charge in [-0.15, -0.1) is 0 Å². The molecule has 21 nitrogen and oxygen atoms in total. The summed E-state index contributed by atoms with van der Waals surface area (Å²) in [6, 6.07) is 0. The van der Waals surface area contributed by atoms with Crippen molar-refractivity contribution in [3.8, 4) is 0 Å². The highest BCUT2D eigenvalue weighted by atomic mass is 16.6. The fraction of sp³-hybridized carbons (Fsp3) is 0.476. The van der Waals surface area contributed by atoms with E-state index >= 15 is 0 Å². The predicted octanol–water partition coefficient (Wildman–Crippen LogP) is -6.13. The van der Waals surface area contributed by atoms with Gasteiger partial charge < -0.3 is 66.8 Å². The van der Waals surface area contributed by atoms with E-state index in [0.717, 1.165) is 0 Å². The van der Waals surface area contributed by atoms with Crippen molar-refractivity contribution in [3.63, 3.8) is 0 Å². The number of fused-ring (bicyclic) bond motifs is 2. The molecular formula is C21H30N10O11. The molecule has 1 aliphatic heterocycles. The van der Waals surface area contributed by atoms with E-state index in [2.05, 4.69) is 34.9 Å². The van der Waals surface area contributed by atoms with Gasteiger partial charge in [-0.3, -0.25) is 14.3 Å². The number of nitrogens with two attached hydrogens (primary N) is 2. The van der Waals surface area contributed by atoms with Crippen LogP contribution >= 0.6 is 0 Å². The molecule has 0 saturated carbocycles. The molecule has 8 atom stereocenters. The Morgan fingerprint density at radius 1 is 1.02 bits per heavy atom. The largest absolute Gasteiger partial charge is 0.394 e. The number of nitrogens with zero attached hydrogens (tertiary/aromatic N) is 6. The van der Waals surface area contributed by atoms with E-state index in [1.165, 1.54) is 23.5 Å². The van der Waals surface area contributed by atoms with Gasteiger partial charge in [0.15, 0.2) is 35.1 Å². The molecule has 21 heteroatoms. The molecule has 0 spiro atoms. The highest BCUT2D eigenvalue weighted by Gasteiger charge is 2.44. The van der Waals surface area contributed by atoms with Crippen molar-refractivity contribution in [2.24, 2.45) is 0 Å². The molecule has 1 saturated heterocycles. The monoisotopic (exact) mass is 598 g/mol. The van der Waals surface area contributed by atoms with E-state index in [1.807, 2.05) is 0 Å². The van der Waals surface area contributed by atoms with Crippen LogP contribution in [0.4, 0.5) is 11.8 Å². The van der Waals surface area contributed by atoms with Gasteiger partial charge in [0.05, 0.1) is 25.9 Å². The third-order valence-corrected chi connectivity index (χ3v) is 5.91. The van der Waals surface area contributed by atoms with Crippen LogP contribution in [0.15, 0.2) is 23.8 Å². The van der Waals surface area contributed by atoms with Crippen molar-refractivity contribution >= 4 is 40.4 Å². The van der Waals surface area contributed by atoms with Gasteiger partial charge >= 0.3 is 0 Å². The zero-order chi connectivity index (χ0) is 31.1. The van der Waals surface area contributed by atoms with Crippen molar-refractivity contribution < 1.29 is 50.4 Å². The third-order valence-electron chi connectivity index (χ3n) is 5.91. The number of aliphatic hydroxyl groups is 8. The van der Waals surface area contributed by atoms with Crippen LogP contribution in [-0.2, 0) is 9.53 Å². The lowest BCUT2D eigenvalue weighted by molar-refractivity contribution is -0.136. The minimum atomic E-state index is -1.79. The number of aldehydes is 1. The fourth-order valence-corrected chi connectivity index (χ4v) is 3.64. The normalized spacial score (nSPS) is 22.9. The number of hydrogen-bond donors (Lipinski definition) is 12. The Balaban J connectivity index is 0.000000188. The van der Waals surface area contributed by atoms with Crippen molar-refractivity contribution in [3.05, 3.63) is 29.3 Å². The smallest absolute Gasteiger partial charge is 0.280 e. The minimum Gasteiger partial charge on any atom is -0.394 e. The molecule has 0 radical (unpaired) electrons. The Kier molecular flexibility index (Phi) is 10.9. The minimum absolute atomic E-state index is 0.0258. The summed E-state index contributed by atoms with van der Waals surface area (Å²) in [7, 11) is 0. The van der Waals surface area contributed by atoms with Crippen molar-refractivity contribution in [2.75, 3.05) is 24.7 Å². The molecular weight excluding hydrogens is 568 g/mol. The van der Waals surface area contributed by atoms with Crippen LogP contribution in [-0.4, -0.2) is 143 Å². The van der Waals surface area contributed by atoms with E-state index < -0.39 is 67.7 Å². The molecule has 42 heavy (non-hydrogen) atoms. The first-order valence-corrected chi connectivity index (χ1v) is 12.0. The number of aliphatic hydroxyl groups excluding tert-OH is 8. The first-order valence-electron chi connectivity index (χ1n) is 12.0. The topological polar surface area (TPSA) is 358 Å². The average Bonchev–Trinajstić information content (AvgIpc) is 3.70. The van der Waals surface area contributed by atoms with E-state index in [1.54, 1.807) is 0 Å². The maximum Gasteiger partial charge on any atom is 0.280 e. The van der Waals surface area contributed by atoms with Crippen molar-refractivity contribution in [2.45, 2.75) is 49.0 Å². The quantitative estimate of drug-likeness (QED) is 0.0880. The number of imidazole rings is 2. The van der Waals surface area contributed by atoms with Gasteiger partial charge in [0, 0.05) is 0 Å². The Morgan fingerprint density at radius 2 is 1.74 bits per heavy atom. The van der Waals surface area contributed by atoms with Crippen LogP contribution in [0, 0.1) is 0 Å². The third kappa shape index (κ3) is 6.99. The molecule has 5 heterocycles. The number of rotatable bonds is 7. The lowest BCUT2D eigenvalue weighted by atomic mass is 10.0. The molecule has 0 unspecified atom stereocenters. The number of anilines is 2. The van der Waals surface area contributed by atoms with Gasteiger partial charge in [-0.05, 0) is 0 Å². The number of hydrogen-bond acceptors (Lipinski definition) is 18. The zero-order valence-electron chi connectivity index (χ0n) is 21.5. The van der Waals surface area contributed by atoms with Crippen LogP contribution in [0.2, 0.25) is 0 Å². The van der Waals surface area contributed by atoms with Crippen LogP contribution in [0.25, 0.3) is 22.3 Å². The Morgan fingerprint density at radius 3 is 2.33 bits per heavy atom. The van der Waals surface area contributed by atoms with E-state index in [4.69, 9.17) is 46.8 Å². The van der Waals surface area contributed by atoms with Crippen LogP contribution < -0.4 is 17.0 Å². The van der Waals surface area contributed by atoms with Gasteiger partial charge in [-0.1, -0.05) is 0 Å². The second kappa shape index (κ2) is 14.1. The summed E-state index contributed by atoms with van der Waals surface area (Å²) in [5, 5.41) is 72.3. The maximum atomic E-state index is 11.7. The molecule has 0 aromatic carbocycles. The number of ether oxygens (including phenoxy) is 1. The molecule has 4 aromatic heterocycles. The number of nitrogen functional groups attached to an aromatic ring is 2. The lowest BCUT2D eigenvalue weighted by Gasteiger charge is -2.22. The van der Waals surface area contributed by atoms with E-state index in [0.29, 0.717) is 17.0 Å². The molecule has 0 aliphatic carbocycles. The average molecular weight is 599 g/mol. The maximum absolute atomic E-state index is 11.7. The van der Waals surface area contributed by atoms with Gasteiger partial charge in [0.2, 0.25) is 5.95 Å². The highest BCUT2D eigenvalue weighted by molar-refractivity contribution is 5.80. The zero-order valence-corrected chi connectivity index (χ0v) is 21.5. The molecule has 0 bridgehead atoms.